The highest BCUT2D eigenvalue weighted by Gasteiger charge is 2.39. The van der Waals surface area contributed by atoms with Gasteiger partial charge in [-0.2, -0.15) is 0 Å². The van der Waals surface area contributed by atoms with Gasteiger partial charge in [0, 0.05) is 25.2 Å². The van der Waals surface area contributed by atoms with E-state index < -0.39 is 0 Å². The second-order valence-electron chi connectivity index (χ2n) is 6.37. The Hall–Kier alpha value is -0.0700. The molecule has 2 bridgehead atoms. The maximum absolute atomic E-state index is 12.0. The molecule has 5 nitrogen and oxygen atoms in total. The van der Waals surface area contributed by atoms with Gasteiger partial charge < -0.3 is 21.1 Å². The van der Waals surface area contributed by atoms with Crippen molar-refractivity contribution < 1.29 is 9.53 Å². The van der Waals surface area contributed by atoms with E-state index in [1.54, 1.807) is 0 Å². The summed E-state index contributed by atoms with van der Waals surface area (Å²) in [5.74, 6) is 1.21. The third-order valence-corrected chi connectivity index (χ3v) is 4.90. The number of nitrogens with two attached hydrogens (primary N) is 1. The molecule has 0 spiro atoms. The predicted octanol–water partition coefficient (Wildman–Crippen LogP) is 0.841. The zero-order valence-corrected chi connectivity index (χ0v) is 13.9. The first-order valence-electron chi connectivity index (χ1n) is 7.59. The smallest absolute Gasteiger partial charge is 0.246 e. The SMILES string of the molecule is Cl.Cl.NC1CC2CCCC(C1)C2NC(=O)COC1CNC1. The summed E-state index contributed by atoms with van der Waals surface area (Å²) in [6, 6.07) is 0.671. The molecular formula is C14H27Cl2N3O2. The van der Waals surface area contributed by atoms with Crippen LogP contribution in [0.25, 0.3) is 0 Å². The Morgan fingerprint density at radius 1 is 1.19 bits per heavy atom. The van der Waals surface area contributed by atoms with Crippen molar-refractivity contribution in [1.29, 1.82) is 0 Å². The van der Waals surface area contributed by atoms with E-state index in [0.29, 0.717) is 23.9 Å². The number of nitrogens with one attached hydrogen (secondary N) is 2. The summed E-state index contributed by atoms with van der Waals surface area (Å²) in [4.78, 5) is 12.0. The summed E-state index contributed by atoms with van der Waals surface area (Å²) in [7, 11) is 0. The maximum Gasteiger partial charge on any atom is 0.246 e. The van der Waals surface area contributed by atoms with Crippen LogP contribution in [0.1, 0.15) is 32.1 Å². The van der Waals surface area contributed by atoms with Gasteiger partial charge in [-0.1, -0.05) is 6.42 Å². The number of amides is 1. The van der Waals surface area contributed by atoms with Gasteiger partial charge >= 0.3 is 0 Å². The van der Waals surface area contributed by atoms with Gasteiger partial charge in [-0.15, -0.1) is 24.8 Å². The topological polar surface area (TPSA) is 76.4 Å². The molecule has 3 rings (SSSR count). The quantitative estimate of drug-likeness (QED) is 0.709. The van der Waals surface area contributed by atoms with Crippen LogP contribution >= 0.6 is 24.8 Å². The largest absolute Gasteiger partial charge is 0.366 e. The van der Waals surface area contributed by atoms with Crippen molar-refractivity contribution in [1.82, 2.24) is 10.6 Å². The normalized spacial score (nSPS) is 34.9. The first-order valence-corrected chi connectivity index (χ1v) is 7.59. The molecule has 0 aromatic carbocycles. The van der Waals surface area contributed by atoms with Crippen LogP contribution in [0.5, 0.6) is 0 Å². The van der Waals surface area contributed by atoms with Gasteiger partial charge in [0.1, 0.15) is 6.61 Å². The number of fused-ring (bicyclic) bond motifs is 2. The number of ether oxygens (including phenoxy) is 1. The lowest BCUT2D eigenvalue weighted by molar-refractivity contribution is -0.131. The number of hydrogen-bond acceptors (Lipinski definition) is 4. The van der Waals surface area contributed by atoms with Crippen LogP contribution in [0.2, 0.25) is 0 Å². The van der Waals surface area contributed by atoms with Crippen molar-refractivity contribution in [3.05, 3.63) is 0 Å². The number of carbonyl (C=O) groups is 1. The second-order valence-corrected chi connectivity index (χ2v) is 6.37. The van der Waals surface area contributed by atoms with Gasteiger partial charge in [0.15, 0.2) is 0 Å². The standard InChI is InChI=1S/C14H25N3O2.2ClH/c15-11-4-9-2-1-3-10(5-11)14(9)17-13(18)8-19-12-6-16-7-12;;/h9-12,14,16H,1-8,15H2,(H,17,18);2*1H. The van der Waals surface area contributed by atoms with E-state index in [2.05, 4.69) is 10.6 Å². The molecule has 2 aliphatic carbocycles. The van der Waals surface area contributed by atoms with Gasteiger partial charge in [0.05, 0.1) is 6.10 Å². The minimum Gasteiger partial charge on any atom is -0.366 e. The highest BCUT2D eigenvalue weighted by atomic mass is 35.5. The monoisotopic (exact) mass is 339 g/mol. The molecule has 1 aliphatic heterocycles. The highest BCUT2D eigenvalue weighted by Crippen LogP contribution is 2.39. The van der Waals surface area contributed by atoms with Crippen LogP contribution in [0.3, 0.4) is 0 Å². The van der Waals surface area contributed by atoms with Crippen molar-refractivity contribution in [2.45, 2.75) is 50.3 Å². The summed E-state index contributed by atoms with van der Waals surface area (Å²) >= 11 is 0. The van der Waals surface area contributed by atoms with E-state index >= 15 is 0 Å². The van der Waals surface area contributed by atoms with E-state index in [1.165, 1.54) is 19.3 Å². The Balaban J connectivity index is 0.00000110. The molecular weight excluding hydrogens is 313 g/mol. The maximum atomic E-state index is 12.0. The molecule has 3 aliphatic rings. The Morgan fingerprint density at radius 2 is 1.81 bits per heavy atom. The van der Waals surface area contributed by atoms with Crippen LogP contribution in [0, 0.1) is 11.8 Å². The van der Waals surface area contributed by atoms with Gasteiger partial charge in [-0.25, -0.2) is 0 Å². The Kier molecular flexibility index (Phi) is 7.71. The second kappa shape index (κ2) is 8.53. The Bertz CT molecular complexity index is 328. The molecule has 2 unspecified atom stereocenters. The number of carbonyl (C=O) groups excluding carboxylic acids is 1. The minimum absolute atomic E-state index is 0. The predicted molar refractivity (Wildman–Crippen MR) is 87.1 cm³/mol. The van der Waals surface area contributed by atoms with Crippen molar-refractivity contribution in [2.24, 2.45) is 17.6 Å². The van der Waals surface area contributed by atoms with E-state index in [0.717, 1.165) is 25.9 Å². The molecule has 0 aromatic heterocycles. The van der Waals surface area contributed by atoms with Crippen molar-refractivity contribution in [3.8, 4) is 0 Å². The fourth-order valence-electron chi connectivity index (χ4n) is 3.83. The summed E-state index contributed by atoms with van der Waals surface area (Å²) in [6.45, 7) is 1.95. The third-order valence-electron chi connectivity index (χ3n) is 4.90. The van der Waals surface area contributed by atoms with Crippen LogP contribution in [0.4, 0.5) is 0 Å². The first-order chi connectivity index (χ1) is 9.22. The lowest BCUT2D eigenvalue weighted by atomic mass is 9.67. The fourth-order valence-corrected chi connectivity index (χ4v) is 3.83. The summed E-state index contributed by atoms with van der Waals surface area (Å²) in [5.41, 5.74) is 6.10. The average molecular weight is 340 g/mol. The average Bonchev–Trinajstić information content (AvgIpc) is 2.28. The van der Waals surface area contributed by atoms with Gasteiger partial charge in [-0.05, 0) is 37.5 Å². The molecule has 4 N–H and O–H groups in total. The highest BCUT2D eigenvalue weighted by molar-refractivity contribution is 5.85. The molecule has 7 heteroatoms. The zero-order valence-electron chi connectivity index (χ0n) is 12.3. The zero-order chi connectivity index (χ0) is 13.2. The molecule has 2 atom stereocenters. The Morgan fingerprint density at radius 3 is 2.33 bits per heavy atom. The van der Waals surface area contributed by atoms with Crippen LogP contribution in [0.15, 0.2) is 0 Å². The molecule has 0 aromatic rings. The number of hydrogen-bond donors (Lipinski definition) is 3. The van der Waals surface area contributed by atoms with Crippen molar-refractivity contribution in [3.63, 3.8) is 0 Å². The lowest BCUT2D eigenvalue weighted by Gasteiger charge is -2.45. The molecule has 1 saturated heterocycles. The van der Waals surface area contributed by atoms with Crippen LogP contribution < -0.4 is 16.4 Å². The van der Waals surface area contributed by atoms with E-state index in [4.69, 9.17) is 10.5 Å². The first kappa shape index (κ1) is 19.0. The molecule has 1 amide bonds. The molecule has 21 heavy (non-hydrogen) atoms. The fraction of sp³-hybridized carbons (Fsp3) is 0.929. The molecule has 2 saturated carbocycles. The van der Waals surface area contributed by atoms with Crippen molar-refractivity contribution in [2.75, 3.05) is 19.7 Å². The molecule has 124 valence electrons. The third kappa shape index (κ3) is 4.70. The molecule has 3 fully saturated rings. The van der Waals surface area contributed by atoms with Gasteiger partial charge in [-0.3, -0.25) is 4.79 Å². The van der Waals surface area contributed by atoms with E-state index in [9.17, 15) is 4.79 Å². The minimum atomic E-state index is 0. The van der Waals surface area contributed by atoms with E-state index in [-0.39, 0.29) is 43.4 Å². The van der Waals surface area contributed by atoms with Crippen LogP contribution in [-0.4, -0.2) is 43.8 Å². The van der Waals surface area contributed by atoms with Crippen molar-refractivity contribution >= 4 is 30.7 Å². The van der Waals surface area contributed by atoms with E-state index in [1.807, 2.05) is 0 Å². The van der Waals surface area contributed by atoms with Gasteiger partial charge in [0.25, 0.3) is 0 Å². The number of halogens is 2. The van der Waals surface area contributed by atoms with Gasteiger partial charge in [0.2, 0.25) is 5.91 Å². The summed E-state index contributed by atoms with van der Waals surface area (Å²) in [6.07, 6.45) is 6.07. The molecule has 1 heterocycles. The van der Waals surface area contributed by atoms with Crippen LogP contribution in [-0.2, 0) is 9.53 Å². The summed E-state index contributed by atoms with van der Waals surface area (Å²) in [5, 5.41) is 6.34. The number of rotatable bonds is 4. The Labute approximate surface area is 138 Å². The lowest BCUT2D eigenvalue weighted by Crippen LogP contribution is -2.55. The summed E-state index contributed by atoms with van der Waals surface area (Å²) < 4.78 is 5.53. The molecule has 0 radical (unpaired) electrons.